The average Bonchev–Trinajstić information content (AvgIpc) is 3.37. The lowest BCUT2D eigenvalue weighted by atomic mass is 10.1. The highest BCUT2D eigenvalue weighted by molar-refractivity contribution is 5.96. The van der Waals surface area contributed by atoms with Gasteiger partial charge in [-0.2, -0.15) is 0 Å². The van der Waals surface area contributed by atoms with Gasteiger partial charge in [-0.1, -0.05) is 12.8 Å². The third kappa shape index (κ3) is 6.86. The number of carbonyl (C=O) groups excluding carboxylic acids is 3. The van der Waals surface area contributed by atoms with Crippen LogP contribution in [0, 0.1) is 5.92 Å². The number of carbonyl (C=O) groups is 3. The van der Waals surface area contributed by atoms with Gasteiger partial charge in [0, 0.05) is 42.0 Å². The summed E-state index contributed by atoms with van der Waals surface area (Å²) in [5, 5.41) is 11.0. The lowest BCUT2D eigenvalue weighted by Crippen LogP contribution is -2.36. The summed E-state index contributed by atoms with van der Waals surface area (Å²) in [7, 11) is 3.06. The van der Waals surface area contributed by atoms with Gasteiger partial charge in [0.2, 0.25) is 5.91 Å². The van der Waals surface area contributed by atoms with E-state index in [2.05, 4.69) is 21.3 Å². The number of hydrogen-bond donors (Lipinski definition) is 4. The first-order valence-electron chi connectivity index (χ1n) is 11.0. The molecule has 0 aliphatic heterocycles. The van der Waals surface area contributed by atoms with Crippen LogP contribution in [0.25, 0.3) is 0 Å². The summed E-state index contributed by atoms with van der Waals surface area (Å²) < 4.78 is 10.4. The number of amides is 4. The van der Waals surface area contributed by atoms with Crippen LogP contribution in [-0.2, 0) is 4.79 Å². The van der Waals surface area contributed by atoms with E-state index in [1.807, 2.05) is 0 Å². The molecule has 0 unspecified atom stereocenters. The Bertz CT molecular complexity index is 971. The maximum absolute atomic E-state index is 12.3. The fourth-order valence-corrected chi connectivity index (χ4v) is 3.68. The summed E-state index contributed by atoms with van der Waals surface area (Å²) in [6, 6.07) is 11.4. The number of benzene rings is 2. The van der Waals surface area contributed by atoms with E-state index < -0.39 is 6.03 Å². The van der Waals surface area contributed by atoms with Gasteiger partial charge in [0.1, 0.15) is 0 Å². The minimum absolute atomic E-state index is 0.0436. The smallest absolute Gasteiger partial charge is 0.319 e. The Morgan fingerprint density at radius 3 is 2.12 bits per heavy atom. The Morgan fingerprint density at radius 2 is 1.45 bits per heavy atom. The van der Waals surface area contributed by atoms with Crippen LogP contribution in [0.1, 0.15) is 36.0 Å². The zero-order chi connectivity index (χ0) is 23.6. The van der Waals surface area contributed by atoms with Gasteiger partial charge < -0.3 is 30.7 Å². The predicted octanol–water partition coefficient (Wildman–Crippen LogP) is 3.38. The van der Waals surface area contributed by atoms with Crippen molar-refractivity contribution in [2.24, 2.45) is 5.92 Å². The number of nitrogens with one attached hydrogen (secondary N) is 4. The van der Waals surface area contributed by atoms with E-state index in [9.17, 15) is 14.4 Å². The molecule has 2 aromatic carbocycles. The molecule has 176 valence electrons. The van der Waals surface area contributed by atoms with Crippen molar-refractivity contribution in [3.05, 3.63) is 48.0 Å². The zero-order valence-electron chi connectivity index (χ0n) is 18.9. The van der Waals surface area contributed by atoms with E-state index >= 15 is 0 Å². The Hall–Kier alpha value is -3.75. The normalized spacial score (nSPS) is 13.2. The topological polar surface area (TPSA) is 118 Å². The van der Waals surface area contributed by atoms with Crippen molar-refractivity contribution in [1.82, 2.24) is 10.6 Å². The Kier molecular flexibility index (Phi) is 8.51. The summed E-state index contributed by atoms with van der Waals surface area (Å²) >= 11 is 0. The summed E-state index contributed by atoms with van der Waals surface area (Å²) in [6.07, 6.45) is 4.08. The zero-order valence-corrected chi connectivity index (χ0v) is 18.9. The van der Waals surface area contributed by atoms with Crippen LogP contribution in [0.4, 0.5) is 16.2 Å². The molecule has 9 heteroatoms. The number of ether oxygens (including phenoxy) is 2. The van der Waals surface area contributed by atoms with Gasteiger partial charge in [-0.3, -0.25) is 9.59 Å². The first-order valence-corrected chi connectivity index (χ1v) is 11.0. The van der Waals surface area contributed by atoms with Crippen molar-refractivity contribution in [3.8, 4) is 11.5 Å². The van der Waals surface area contributed by atoms with Crippen LogP contribution >= 0.6 is 0 Å². The Labute approximate surface area is 193 Å². The van der Waals surface area contributed by atoms with Crippen LogP contribution < -0.4 is 30.7 Å². The maximum Gasteiger partial charge on any atom is 0.319 e. The maximum atomic E-state index is 12.3. The summed E-state index contributed by atoms with van der Waals surface area (Å²) in [6.45, 7) is 0.513. The van der Waals surface area contributed by atoms with Crippen molar-refractivity contribution in [1.29, 1.82) is 0 Å². The Morgan fingerprint density at radius 1 is 0.818 bits per heavy atom. The van der Waals surface area contributed by atoms with Crippen LogP contribution in [0.5, 0.6) is 11.5 Å². The molecule has 0 spiro atoms. The minimum atomic E-state index is -0.404. The highest BCUT2D eigenvalue weighted by Crippen LogP contribution is 2.29. The van der Waals surface area contributed by atoms with Gasteiger partial charge in [-0.15, -0.1) is 0 Å². The van der Waals surface area contributed by atoms with Crippen LogP contribution in [0.15, 0.2) is 42.5 Å². The quantitative estimate of drug-likeness (QED) is 0.433. The standard InChI is InChI=1S/C24H30N4O5/c1-32-20-12-11-19(15-21(20)33-2)28-24(31)26-14-13-25-22(29)17-7-9-18(10-8-17)27-23(30)16-5-3-4-6-16/h7-12,15-16H,3-6,13-14H2,1-2H3,(H,25,29)(H,27,30)(H2,26,28,31). The number of hydrogen-bond acceptors (Lipinski definition) is 5. The molecule has 2 aromatic rings. The van der Waals surface area contributed by atoms with Crippen molar-refractivity contribution in [3.63, 3.8) is 0 Å². The van der Waals surface area contributed by atoms with Gasteiger partial charge in [0.25, 0.3) is 5.91 Å². The molecule has 0 radical (unpaired) electrons. The van der Waals surface area contributed by atoms with Gasteiger partial charge >= 0.3 is 6.03 Å². The number of anilines is 2. The van der Waals surface area contributed by atoms with Gasteiger partial charge in [-0.05, 0) is 49.2 Å². The van der Waals surface area contributed by atoms with E-state index in [-0.39, 0.29) is 30.8 Å². The average molecular weight is 455 g/mol. The molecule has 0 bridgehead atoms. The molecule has 4 N–H and O–H groups in total. The van der Waals surface area contributed by atoms with E-state index in [1.165, 1.54) is 14.2 Å². The van der Waals surface area contributed by atoms with Crippen LogP contribution in [0.2, 0.25) is 0 Å². The molecule has 1 fully saturated rings. The molecule has 4 amide bonds. The van der Waals surface area contributed by atoms with E-state index in [4.69, 9.17) is 9.47 Å². The summed E-state index contributed by atoms with van der Waals surface area (Å²) in [4.78, 5) is 36.6. The second kappa shape index (κ2) is 11.8. The molecular weight excluding hydrogens is 424 g/mol. The summed E-state index contributed by atoms with van der Waals surface area (Å²) in [5.74, 6) is 0.944. The molecule has 1 aliphatic carbocycles. The first kappa shape index (κ1) is 23.9. The monoisotopic (exact) mass is 454 g/mol. The minimum Gasteiger partial charge on any atom is -0.493 e. The highest BCUT2D eigenvalue weighted by atomic mass is 16.5. The lowest BCUT2D eigenvalue weighted by Gasteiger charge is -2.12. The fraction of sp³-hybridized carbons (Fsp3) is 0.375. The molecule has 3 rings (SSSR count). The van der Waals surface area contributed by atoms with Gasteiger partial charge in [0.15, 0.2) is 11.5 Å². The largest absolute Gasteiger partial charge is 0.493 e. The van der Waals surface area contributed by atoms with Crippen molar-refractivity contribution in [2.45, 2.75) is 25.7 Å². The number of methoxy groups -OCH3 is 2. The molecule has 1 saturated carbocycles. The molecule has 0 atom stereocenters. The lowest BCUT2D eigenvalue weighted by molar-refractivity contribution is -0.119. The molecule has 0 aromatic heterocycles. The number of urea groups is 1. The highest BCUT2D eigenvalue weighted by Gasteiger charge is 2.22. The first-order chi connectivity index (χ1) is 16.0. The third-order valence-corrected chi connectivity index (χ3v) is 5.48. The number of rotatable bonds is 9. The molecule has 9 nitrogen and oxygen atoms in total. The predicted molar refractivity (Wildman–Crippen MR) is 126 cm³/mol. The van der Waals surface area contributed by atoms with E-state index in [0.717, 1.165) is 25.7 Å². The second-order valence-electron chi connectivity index (χ2n) is 7.75. The fourth-order valence-electron chi connectivity index (χ4n) is 3.68. The van der Waals surface area contributed by atoms with Crippen LogP contribution in [-0.4, -0.2) is 45.2 Å². The third-order valence-electron chi connectivity index (χ3n) is 5.48. The van der Waals surface area contributed by atoms with Crippen molar-refractivity contribution >= 4 is 29.2 Å². The molecule has 33 heavy (non-hydrogen) atoms. The van der Waals surface area contributed by atoms with Crippen molar-refractivity contribution in [2.75, 3.05) is 37.9 Å². The van der Waals surface area contributed by atoms with Crippen LogP contribution in [0.3, 0.4) is 0 Å². The molecule has 0 heterocycles. The van der Waals surface area contributed by atoms with Gasteiger partial charge in [-0.25, -0.2) is 4.79 Å². The molecule has 0 saturated heterocycles. The van der Waals surface area contributed by atoms with E-state index in [0.29, 0.717) is 28.4 Å². The van der Waals surface area contributed by atoms with Gasteiger partial charge in [0.05, 0.1) is 14.2 Å². The SMILES string of the molecule is COc1ccc(NC(=O)NCCNC(=O)c2ccc(NC(=O)C3CCCC3)cc2)cc1OC. The Balaban J connectivity index is 1.38. The van der Waals surface area contributed by atoms with E-state index in [1.54, 1.807) is 42.5 Å². The molecule has 1 aliphatic rings. The van der Waals surface area contributed by atoms with Crippen molar-refractivity contribution < 1.29 is 23.9 Å². The summed E-state index contributed by atoms with van der Waals surface area (Å²) in [5.41, 5.74) is 1.70. The molecular formula is C24H30N4O5. The second-order valence-corrected chi connectivity index (χ2v) is 7.75.